The van der Waals surface area contributed by atoms with Crippen LogP contribution in [-0.4, -0.2) is 23.0 Å². The van der Waals surface area contributed by atoms with Gasteiger partial charge in [-0.05, 0) is 43.5 Å². The summed E-state index contributed by atoms with van der Waals surface area (Å²) in [5, 5.41) is 1.55. The first-order valence-corrected chi connectivity index (χ1v) is 6.08. The minimum Gasteiger partial charge on any atom is -0.298 e. The lowest BCUT2D eigenvalue weighted by atomic mass is 10.1. The van der Waals surface area contributed by atoms with Crippen LogP contribution in [0, 0.1) is 5.82 Å². The molecule has 1 aromatic carbocycles. The zero-order valence-corrected chi connectivity index (χ0v) is 9.69. The van der Waals surface area contributed by atoms with Gasteiger partial charge >= 0.3 is 0 Å². The van der Waals surface area contributed by atoms with E-state index < -0.39 is 0 Å². The van der Waals surface area contributed by atoms with Gasteiger partial charge in [0.15, 0.2) is 0 Å². The van der Waals surface area contributed by atoms with Gasteiger partial charge in [0.05, 0.1) is 5.69 Å². The molecule has 0 spiro atoms. The lowest BCUT2D eigenvalue weighted by Crippen LogP contribution is -2.18. The molecule has 2 nitrogen and oxygen atoms in total. The Bertz CT molecular complexity index is 533. The predicted molar refractivity (Wildman–Crippen MR) is 66.2 cm³/mol. The summed E-state index contributed by atoms with van der Waals surface area (Å²) in [5.41, 5.74) is 1.03. The molecule has 88 valence electrons. The summed E-state index contributed by atoms with van der Waals surface area (Å²) in [5.74, 6) is -0.192. The second-order valence-corrected chi connectivity index (χ2v) is 4.62. The van der Waals surface area contributed by atoms with E-state index in [0.717, 1.165) is 30.7 Å². The lowest BCUT2D eigenvalue weighted by Gasteiger charge is -2.14. The van der Waals surface area contributed by atoms with Gasteiger partial charge in [-0.1, -0.05) is 12.1 Å². The number of rotatable bonds is 2. The molecule has 1 aromatic heterocycles. The van der Waals surface area contributed by atoms with E-state index in [9.17, 15) is 4.39 Å². The van der Waals surface area contributed by atoms with Crippen LogP contribution in [0.5, 0.6) is 0 Å². The monoisotopic (exact) mass is 230 g/mol. The summed E-state index contributed by atoms with van der Waals surface area (Å²) < 4.78 is 13.5. The van der Waals surface area contributed by atoms with E-state index in [1.807, 2.05) is 12.1 Å². The van der Waals surface area contributed by atoms with Gasteiger partial charge in [-0.25, -0.2) is 4.39 Å². The molecule has 1 saturated heterocycles. The number of likely N-dealkylation sites (tertiary alicyclic amines) is 1. The fourth-order valence-corrected chi connectivity index (χ4v) is 2.44. The quantitative estimate of drug-likeness (QED) is 0.788. The van der Waals surface area contributed by atoms with Crippen LogP contribution >= 0.6 is 0 Å². The predicted octanol–water partition coefficient (Wildman–Crippen LogP) is 2.97. The highest BCUT2D eigenvalue weighted by Crippen LogP contribution is 2.19. The number of aromatic nitrogens is 1. The molecule has 0 unspecified atom stereocenters. The van der Waals surface area contributed by atoms with Crippen LogP contribution in [0.15, 0.2) is 30.5 Å². The van der Waals surface area contributed by atoms with Crippen LogP contribution in [0.1, 0.15) is 18.5 Å². The smallest absolute Gasteiger partial charge is 0.132 e. The average Bonchev–Trinajstić information content (AvgIpc) is 2.82. The standard InChI is InChI=1S/C14H15FN2/c15-14-5-3-4-11-8-12(16-9-13(11)14)10-17-6-1-2-7-17/h3-5,8-9H,1-2,6-7,10H2. The first-order chi connectivity index (χ1) is 8.33. The van der Waals surface area contributed by atoms with Crippen molar-refractivity contribution in [2.75, 3.05) is 13.1 Å². The molecule has 1 aliphatic rings. The number of pyridine rings is 1. The van der Waals surface area contributed by atoms with E-state index in [1.165, 1.54) is 18.9 Å². The van der Waals surface area contributed by atoms with E-state index in [1.54, 1.807) is 12.3 Å². The topological polar surface area (TPSA) is 16.1 Å². The van der Waals surface area contributed by atoms with Crippen LogP contribution in [0.4, 0.5) is 4.39 Å². The van der Waals surface area contributed by atoms with Crippen molar-refractivity contribution in [1.82, 2.24) is 9.88 Å². The first-order valence-electron chi connectivity index (χ1n) is 6.08. The third-order valence-electron chi connectivity index (χ3n) is 3.35. The molecule has 1 aliphatic heterocycles. The SMILES string of the molecule is Fc1cccc2cc(CN3CCCC3)ncc12. The second kappa shape index (κ2) is 4.41. The van der Waals surface area contributed by atoms with Crippen LogP contribution in [0.2, 0.25) is 0 Å². The fourth-order valence-electron chi connectivity index (χ4n) is 2.44. The molecule has 3 heteroatoms. The molecule has 0 saturated carbocycles. The Kier molecular flexibility index (Phi) is 2.77. The van der Waals surface area contributed by atoms with Crippen molar-refractivity contribution >= 4 is 10.8 Å². The van der Waals surface area contributed by atoms with Gasteiger partial charge < -0.3 is 0 Å². The van der Waals surface area contributed by atoms with E-state index in [2.05, 4.69) is 9.88 Å². The first kappa shape index (κ1) is 10.7. The number of hydrogen-bond acceptors (Lipinski definition) is 2. The van der Waals surface area contributed by atoms with Crippen LogP contribution < -0.4 is 0 Å². The largest absolute Gasteiger partial charge is 0.298 e. The molecule has 17 heavy (non-hydrogen) atoms. The molecule has 0 atom stereocenters. The Hall–Kier alpha value is -1.48. The number of fused-ring (bicyclic) bond motifs is 1. The third kappa shape index (κ3) is 2.15. The second-order valence-electron chi connectivity index (χ2n) is 4.62. The normalized spacial score (nSPS) is 16.8. The fraction of sp³-hybridized carbons (Fsp3) is 0.357. The molecule has 1 fully saturated rings. The number of halogens is 1. The van der Waals surface area contributed by atoms with Crippen molar-refractivity contribution in [2.45, 2.75) is 19.4 Å². The third-order valence-corrected chi connectivity index (χ3v) is 3.35. The van der Waals surface area contributed by atoms with Gasteiger partial charge in [0.25, 0.3) is 0 Å². The van der Waals surface area contributed by atoms with E-state index in [0.29, 0.717) is 5.39 Å². The summed E-state index contributed by atoms with van der Waals surface area (Å²) in [6.45, 7) is 3.19. The summed E-state index contributed by atoms with van der Waals surface area (Å²) in [6.07, 6.45) is 4.21. The van der Waals surface area contributed by atoms with Crippen LogP contribution in [0.3, 0.4) is 0 Å². The van der Waals surface area contributed by atoms with Crippen molar-refractivity contribution in [1.29, 1.82) is 0 Å². The zero-order valence-electron chi connectivity index (χ0n) is 9.69. The van der Waals surface area contributed by atoms with Crippen molar-refractivity contribution < 1.29 is 4.39 Å². The summed E-state index contributed by atoms with van der Waals surface area (Å²) in [7, 11) is 0. The van der Waals surface area contributed by atoms with Crippen molar-refractivity contribution in [2.24, 2.45) is 0 Å². The highest BCUT2D eigenvalue weighted by Gasteiger charge is 2.12. The Balaban J connectivity index is 1.90. The van der Waals surface area contributed by atoms with Crippen molar-refractivity contribution in [3.63, 3.8) is 0 Å². The molecular formula is C14H15FN2. The highest BCUT2D eigenvalue weighted by molar-refractivity contribution is 5.82. The lowest BCUT2D eigenvalue weighted by molar-refractivity contribution is 0.327. The average molecular weight is 230 g/mol. The van der Waals surface area contributed by atoms with E-state index >= 15 is 0 Å². The molecule has 2 aromatic rings. The zero-order chi connectivity index (χ0) is 11.7. The van der Waals surface area contributed by atoms with E-state index in [-0.39, 0.29) is 5.82 Å². The highest BCUT2D eigenvalue weighted by atomic mass is 19.1. The maximum Gasteiger partial charge on any atom is 0.132 e. The summed E-state index contributed by atoms with van der Waals surface area (Å²) in [6, 6.07) is 7.16. The molecule has 0 bridgehead atoms. The maximum atomic E-state index is 13.5. The van der Waals surface area contributed by atoms with Crippen LogP contribution in [-0.2, 0) is 6.54 Å². The Morgan fingerprint density at radius 2 is 2.06 bits per heavy atom. The molecule has 2 heterocycles. The molecule has 0 N–H and O–H groups in total. The molecule has 0 aliphatic carbocycles. The van der Waals surface area contributed by atoms with Gasteiger partial charge in [0.2, 0.25) is 0 Å². The molecule has 3 rings (SSSR count). The number of nitrogens with zero attached hydrogens (tertiary/aromatic N) is 2. The minimum atomic E-state index is -0.192. The molecule has 0 radical (unpaired) electrons. The van der Waals surface area contributed by atoms with Crippen LogP contribution in [0.25, 0.3) is 10.8 Å². The van der Waals surface area contributed by atoms with Crippen molar-refractivity contribution in [3.8, 4) is 0 Å². The minimum absolute atomic E-state index is 0.192. The summed E-state index contributed by atoms with van der Waals surface area (Å²) in [4.78, 5) is 6.75. The van der Waals surface area contributed by atoms with Gasteiger partial charge in [-0.15, -0.1) is 0 Å². The van der Waals surface area contributed by atoms with Gasteiger partial charge in [-0.2, -0.15) is 0 Å². The Labute approximate surface area is 100 Å². The number of benzene rings is 1. The summed E-state index contributed by atoms with van der Waals surface area (Å²) >= 11 is 0. The molecule has 0 amide bonds. The molecular weight excluding hydrogens is 215 g/mol. The Morgan fingerprint density at radius 1 is 1.24 bits per heavy atom. The van der Waals surface area contributed by atoms with Crippen molar-refractivity contribution in [3.05, 3.63) is 42.0 Å². The number of hydrogen-bond donors (Lipinski definition) is 0. The van der Waals surface area contributed by atoms with E-state index in [4.69, 9.17) is 0 Å². The van der Waals surface area contributed by atoms with Gasteiger partial charge in [0, 0.05) is 18.1 Å². The Morgan fingerprint density at radius 3 is 2.88 bits per heavy atom. The van der Waals surface area contributed by atoms with Gasteiger partial charge in [-0.3, -0.25) is 9.88 Å². The maximum absolute atomic E-state index is 13.5. The van der Waals surface area contributed by atoms with Gasteiger partial charge in [0.1, 0.15) is 5.82 Å².